The van der Waals surface area contributed by atoms with Gasteiger partial charge < -0.3 is 19.7 Å². The van der Waals surface area contributed by atoms with Crippen molar-refractivity contribution in [3.8, 4) is 11.5 Å². The van der Waals surface area contributed by atoms with Gasteiger partial charge in [0, 0.05) is 11.6 Å². The van der Waals surface area contributed by atoms with Gasteiger partial charge in [-0.05, 0) is 43.7 Å². The summed E-state index contributed by atoms with van der Waals surface area (Å²) in [4.78, 5) is 17.4. The lowest BCUT2D eigenvalue weighted by Crippen LogP contribution is -2.12. The molecular formula is C22H21NO5S. The Hall–Kier alpha value is -3.19. The van der Waals surface area contributed by atoms with Crippen molar-refractivity contribution < 1.29 is 24.5 Å². The summed E-state index contributed by atoms with van der Waals surface area (Å²) in [7, 11) is 1.51. The van der Waals surface area contributed by atoms with Crippen molar-refractivity contribution in [2.45, 2.75) is 13.8 Å². The molecule has 0 unspecified atom stereocenters. The summed E-state index contributed by atoms with van der Waals surface area (Å²) in [5, 5.41) is 21.3. The Labute approximate surface area is 173 Å². The lowest BCUT2D eigenvalue weighted by molar-refractivity contribution is -0.138. The number of carbonyl (C=O) groups excluding carboxylic acids is 1. The van der Waals surface area contributed by atoms with Gasteiger partial charge in [0.25, 0.3) is 0 Å². The molecule has 0 aromatic heterocycles. The Kier molecular flexibility index (Phi) is 6.29. The van der Waals surface area contributed by atoms with E-state index in [0.29, 0.717) is 26.9 Å². The molecule has 29 heavy (non-hydrogen) atoms. The number of esters is 1. The van der Waals surface area contributed by atoms with Gasteiger partial charge in [0.05, 0.1) is 24.3 Å². The first-order valence-electron chi connectivity index (χ1n) is 8.96. The SMILES string of the molecule is CCOC(=O)C1=C(O)C(=Cc2ccc(OC)cc2O)SC1=Nc1ccccc1C. The maximum absolute atomic E-state index is 12.5. The van der Waals surface area contributed by atoms with E-state index in [0.717, 1.165) is 17.3 Å². The molecule has 1 aliphatic heterocycles. The number of aryl methyl sites for hydroxylation is 1. The number of phenolic OH excluding ortho intramolecular Hbond substituents is 1. The average molecular weight is 411 g/mol. The van der Waals surface area contributed by atoms with Gasteiger partial charge >= 0.3 is 5.97 Å². The van der Waals surface area contributed by atoms with Crippen molar-refractivity contribution in [3.05, 3.63) is 69.8 Å². The summed E-state index contributed by atoms with van der Waals surface area (Å²) in [6, 6.07) is 12.3. The molecule has 7 heteroatoms. The number of benzene rings is 2. The van der Waals surface area contributed by atoms with Crippen LogP contribution in [0.1, 0.15) is 18.1 Å². The maximum Gasteiger partial charge on any atom is 0.344 e. The van der Waals surface area contributed by atoms with Crippen LogP contribution in [0.25, 0.3) is 6.08 Å². The van der Waals surface area contributed by atoms with Gasteiger partial charge in [0.1, 0.15) is 27.9 Å². The molecule has 0 atom stereocenters. The zero-order chi connectivity index (χ0) is 21.0. The molecule has 1 heterocycles. The van der Waals surface area contributed by atoms with E-state index in [-0.39, 0.29) is 23.7 Å². The number of aromatic hydroxyl groups is 1. The van der Waals surface area contributed by atoms with Crippen LogP contribution in [-0.4, -0.2) is 34.9 Å². The first kappa shape index (κ1) is 20.5. The van der Waals surface area contributed by atoms with Crippen LogP contribution in [0, 0.1) is 6.92 Å². The minimum absolute atomic E-state index is 0.00720. The normalized spacial score (nSPS) is 16.5. The molecule has 1 aliphatic rings. The number of rotatable bonds is 5. The molecule has 0 bridgehead atoms. The topological polar surface area (TPSA) is 88.4 Å². The first-order valence-corrected chi connectivity index (χ1v) is 9.78. The fourth-order valence-electron chi connectivity index (χ4n) is 2.70. The van der Waals surface area contributed by atoms with Crippen molar-refractivity contribution in [1.29, 1.82) is 0 Å². The second-order valence-corrected chi connectivity index (χ2v) is 7.21. The molecule has 0 radical (unpaired) electrons. The third-order valence-corrected chi connectivity index (χ3v) is 5.25. The Bertz CT molecular complexity index is 1040. The third-order valence-electron chi connectivity index (χ3n) is 4.23. The highest BCUT2D eigenvalue weighted by molar-refractivity contribution is 8.18. The molecule has 0 saturated carbocycles. The molecule has 6 nitrogen and oxygen atoms in total. The Morgan fingerprint density at radius 2 is 1.97 bits per heavy atom. The van der Waals surface area contributed by atoms with E-state index in [1.165, 1.54) is 13.2 Å². The zero-order valence-corrected chi connectivity index (χ0v) is 17.1. The van der Waals surface area contributed by atoms with Crippen LogP contribution < -0.4 is 4.74 Å². The summed E-state index contributed by atoms with van der Waals surface area (Å²) in [5.41, 5.74) is 2.12. The minimum atomic E-state index is -0.646. The number of phenols is 1. The predicted octanol–water partition coefficient (Wildman–Crippen LogP) is 4.90. The number of aliphatic hydroxyl groups excluding tert-OH is 1. The molecule has 0 fully saturated rings. The molecule has 0 spiro atoms. The highest BCUT2D eigenvalue weighted by Crippen LogP contribution is 2.41. The molecule has 2 N–H and O–H groups in total. The van der Waals surface area contributed by atoms with E-state index in [2.05, 4.69) is 4.99 Å². The molecule has 2 aromatic carbocycles. The number of aliphatic hydroxyl groups is 1. The summed E-state index contributed by atoms with van der Waals surface area (Å²) < 4.78 is 10.2. The standard InChI is InChI=1S/C22H21NO5S/c1-4-28-22(26)19-20(25)18(11-14-9-10-15(27-3)12-17(14)24)29-21(19)23-16-8-6-5-7-13(16)2/h5-12,24-25H,4H2,1-3H3. The summed E-state index contributed by atoms with van der Waals surface area (Å²) in [6.45, 7) is 3.79. The van der Waals surface area contributed by atoms with Crippen molar-refractivity contribution in [1.82, 2.24) is 0 Å². The second kappa shape index (κ2) is 8.87. The van der Waals surface area contributed by atoms with Crippen molar-refractivity contribution in [2.75, 3.05) is 13.7 Å². The quantitative estimate of drug-likeness (QED) is 0.680. The number of methoxy groups -OCH3 is 1. The Morgan fingerprint density at radius 1 is 1.21 bits per heavy atom. The fourth-order valence-corrected chi connectivity index (χ4v) is 3.72. The van der Waals surface area contributed by atoms with E-state index in [1.807, 2.05) is 31.2 Å². The third kappa shape index (κ3) is 4.46. The number of thioether (sulfide) groups is 1. The number of carbonyl (C=O) groups is 1. The number of hydrogen-bond donors (Lipinski definition) is 2. The Morgan fingerprint density at radius 3 is 2.62 bits per heavy atom. The molecule has 0 amide bonds. The highest BCUT2D eigenvalue weighted by Gasteiger charge is 2.33. The van der Waals surface area contributed by atoms with Crippen LogP contribution in [0.2, 0.25) is 0 Å². The van der Waals surface area contributed by atoms with Crippen molar-refractivity contribution >= 4 is 34.5 Å². The lowest BCUT2D eigenvalue weighted by Gasteiger charge is -2.05. The van der Waals surface area contributed by atoms with Gasteiger partial charge in [-0.2, -0.15) is 0 Å². The van der Waals surface area contributed by atoms with Crippen LogP contribution in [0.5, 0.6) is 11.5 Å². The van der Waals surface area contributed by atoms with Gasteiger partial charge in [-0.3, -0.25) is 0 Å². The van der Waals surface area contributed by atoms with Gasteiger partial charge in [-0.1, -0.05) is 30.0 Å². The molecule has 0 aliphatic carbocycles. The van der Waals surface area contributed by atoms with Crippen LogP contribution >= 0.6 is 11.8 Å². The lowest BCUT2D eigenvalue weighted by atomic mass is 10.1. The maximum atomic E-state index is 12.5. The van der Waals surface area contributed by atoms with Crippen molar-refractivity contribution in [2.24, 2.45) is 4.99 Å². The van der Waals surface area contributed by atoms with E-state index < -0.39 is 5.97 Å². The van der Waals surface area contributed by atoms with Crippen LogP contribution in [-0.2, 0) is 9.53 Å². The fraction of sp³-hybridized carbons (Fsp3) is 0.182. The second-order valence-electron chi connectivity index (χ2n) is 6.18. The van der Waals surface area contributed by atoms with E-state index in [4.69, 9.17) is 9.47 Å². The number of para-hydroxylation sites is 1. The zero-order valence-electron chi connectivity index (χ0n) is 16.3. The van der Waals surface area contributed by atoms with Crippen molar-refractivity contribution in [3.63, 3.8) is 0 Å². The summed E-state index contributed by atoms with van der Waals surface area (Å²) >= 11 is 1.14. The van der Waals surface area contributed by atoms with Gasteiger partial charge in [0.2, 0.25) is 0 Å². The van der Waals surface area contributed by atoms with Gasteiger partial charge in [-0.25, -0.2) is 9.79 Å². The predicted molar refractivity (Wildman–Crippen MR) is 115 cm³/mol. The van der Waals surface area contributed by atoms with E-state index >= 15 is 0 Å². The van der Waals surface area contributed by atoms with Crippen LogP contribution in [0.4, 0.5) is 5.69 Å². The molecule has 0 saturated heterocycles. The number of nitrogens with zero attached hydrogens (tertiary/aromatic N) is 1. The van der Waals surface area contributed by atoms with E-state index in [9.17, 15) is 15.0 Å². The summed E-state index contributed by atoms with van der Waals surface area (Å²) in [6.07, 6.45) is 1.59. The van der Waals surface area contributed by atoms with Gasteiger partial charge in [0.15, 0.2) is 0 Å². The molecule has 150 valence electrons. The summed E-state index contributed by atoms with van der Waals surface area (Å²) in [5.74, 6) is -0.368. The first-order chi connectivity index (χ1) is 13.9. The Balaban J connectivity index is 2.07. The van der Waals surface area contributed by atoms with Crippen LogP contribution in [0.15, 0.2) is 63.7 Å². The minimum Gasteiger partial charge on any atom is -0.507 e. The molecule has 2 aromatic rings. The number of aliphatic imine (C=N–C) groups is 1. The highest BCUT2D eigenvalue weighted by atomic mass is 32.2. The molecule has 3 rings (SSSR count). The number of ether oxygens (including phenoxy) is 2. The largest absolute Gasteiger partial charge is 0.507 e. The monoisotopic (exact) mass is 411 g/mol. The van der Waals surface area contributed by atoms with Crippen LogP contribution in [0.3, 0.4) is 0 Å². The van der Waals surface area contributed by atoms with E-state index in [1.54, 1.807) is 25.1 Å². The average Bonchev–Trinajstić information content (AvgIpc) is 3.00. The number of hydrogen-bond acceptors (Lipinski definition) is 7. The molecular weight excluding hydrogens is 390 g/mol. The smallest absolute Gasteiger partial charge is 0.344 e. The van der Waals surface area contributed by atoms with Gasteiger partial charge in [-0.15, -0.1) is 0 Å².